The third-order valence-corrected chi connectivity index (χ3v) is 4.49. The number of rotatable bonds is 5. The summed E-state index contributed by atoms with van der Waals surface area (Å²) in [5.41, 5.74) is 0.831. The van der Waals surface area contributed by atoms with Crippen LogP contribution in [0, 0.1) is 0 Å². The van der Waals surface area contributed by atoms with E-state index in [-0.39, 0.29) is 36.6 Å². The maximum atomic E-state index is 12.2. The molecule has 0 saturated carbocycles. The second-order valence-electron chi connectivity index (χ2n) is 5.81. The fourth-order valence-corrected chi connectivity index (χ4v) is 3.03. The number of halogens is 2. The highest BCUT2D eigenvalue weighted by atomic mass is 35.5. The molecule has 0 spiro atoms. The van der Waals surface area contributed by atoms with Crippen LogP contribution in [-0.2, 0) is 0 Å². The topological polar surface area (TPSA) is 92.1 Å². The number of benzene rings is 1. The summed E-state index contributed by atoms with van der Waals surface area (Å²) in [6.45, 7) is 1.94. The molecule has 136 valence electrons. The van der Waals surface area contributed by atoms with Crippen molar-refractivity contribution in [2.45, 2.75) is 25.0 Å². The summed E-state index contributed by atoms with van der Waals surface area (Å²) >= 11 is 6.04. The van der Waals surface area contributed by atoms with E-state index in [1.165, 1.54) is 0 Å². The zero-order valence-electron chi connectivity index (χ0n) is 13.6. The molecule has 2 heterocycles. The summed E-state index contributed by atoms with van der Waals surface area (Å²) in [5, 5.41) is 24.6. The average molecular weight is 386 g/mol. The minimum absolute atomic E-state index is 0. The summed E-state index contributed by atoms with van der Waals surface area (Å²) in [5.74, 6) is -0.360. The molecule has 0 aliphatic carbocycles. The van der Waals surface area contributed by atoms with Gasteiger partial charge in [-0.2, -0.15) is 0 Å². The molecule has 7 nitrogen and oxygen atoms in total. The molecule has 3 rings (SSSR count). The summed E-state index contributed by atoms with van der Waals surface area (Å²) in [4.78, 5) is 12.2. The van der Waals surface area contributed by atoms with Crippen molar-refractivity contribution in [1.82, 2.24) is 25.6 Å². The van der Waals surface area contributed by atoms with Crippen LogP contribution in [0.4, 0.5) is 0 Å². The number of aliphatic hydroxyl groups excluding tert-OH is 1. The molecule has 1 saturated heterocycles. The largest absolute Gasteiger partial charge is 0.387 e. The number of nitrogens with one attached hydrogen (secondary N) is 2. The van der Waals surface area contributed by atoms with E-state index in [1.807, 2.05) is 0 Å². The van der Waals surface area contributed by atoms with E-state index in [9.17, 15) is 9.90 Å². The van der Waals surface area contributed by atoms with E-state index in [0.29, 0.717) is 10.6 Å². The van der Waals surface area contributed by atoms with Gasteiger partial charge in [0, 0.05) is 17.1 Å². The summed E-state index contributed by atoms with van der Waals surface area (Å²) in [6, 6.07) is 7.28. The van der Waals surface area contributed by atoms with Gasteiger partial charge in [0.15, 0.2) is 5.69 Å². The highest BCUT2D eigenvalue weighted by molar-refractivity contribution is 6.31. The first-order valence-corrected chi connectivity index (χ1v) is 8.36. The molecule has 1 aliphatic heterocycles. The number of hydrogen-bond acceptors (Lipinski definition) is 5. The molecule has 3 N–H and O–H groups in total. The zero-order chi connectivity index (χ0) is 16.9. The minimum atomic E-state index is -0.873. The molecule has 1 atom stereocenters. The third-order valence-electron chi connectivity index (χ3n) is 4.15. The van der Waals surface area contributed by atoms with Gasteiger partial charge in [0.2, 0.25) is 0 Å². The van der Waals surface area contributed by atoms with Crippen LogP contribution in [0.1, 0.15) is 41.0 Å². The van der Waals surface area contributed by atoms with Crippen LogP contribution >= 0.6 is 24.0 Å². The Kier molecular flexibility index (Phi) is 7.19. The van der Waals surface area contributed by atoms with E-state index in [1.54, 1.807) is 35.1 Å². The number of aliphatic hydroxyl groups is 1. The van der Waals surface area contributed by atoms with Crippen molar-refractivity contribution in [2.24, 2.45) is 0 Å². The van der Waals surface area contributed by atoms with Crippen molar-refractivity contribution in [1.29, 1.82) is 0 Å². The van der Waals surface area contributed by atoms with Crippen LogP contribution < -0.4 is 10.6 Å². The molecule has 1 aromatic heterocycles. The number of nitrogens with zero attached hydrogens (tertiary/aromatic N) is 3. The Balaban J connectivity index is 0.00000225. The molecular weight excluding hydrogens is 365 g/mol. The van der Waals surface area contributed by atoms with E-state index in [0.717, 1.165) is 25.9 Å². The second kappa shape index (κ2) is 9.15. The number of piperidine rings is 1. The first-order valence-electron chi connectivity index (χ1n) is 7.98. The Morgan fingerprint density at radius 1 is 1.40 bits per heavy atom. The molecular formula is C16H21Cl2N5O2. The van der Waals surface area contributed by atoms with Gasteiger partial charge >= 0.3 is 0 Å². The normalized spacial score (nSPS) is 16.1. The Morgan fingerprint density at radius 2 is 2.12 bits per heavy atom. The molecule has 0 bridgehead atoms. The molecule has 25 heavy (non-hydrogen) atoms. The fraction of sp³-hybridized carbons (Fsp3) is 0.438. The highest BCUT2D eigenvalue weighted by Crippen LogP contribution is 2.22. The monoisotopic (exact) mass is 385 g/mol. The fourth-order valence-electron chi connectivity index (χ4n) is 2.77. The minimum Gasteiger partial charge on any atom is -0.387 e. The molecule has 1 unspecified atom stereocenters. The molecule has 1 fully saturated rings. The maximum absolute atomic E-state index is 12.2. The number of carbonyl (C=O) groups excluding carboxylic acids is 1. The van der Waals surface area contributed by atoms with Crippen LogP contribution in [0.2, 0.25) is 5.02 Å². The number of carbonyl (C=O) groups is 1. The third kappa shape index (κ3) is 4.92. The SMILES string of the molecule is Cl.O=C(NCC(O)c1ccccc1Cl)c1cn(C2CCNCC2)nn1. The van der Waals surface area contributed by atoms with Crippen molar-refractivity contribution in [2.75, 3.05) is 19.6 Å². The number of amides is 1. The lowest BCUT2D eigenvalue weighted by Crippen LogP contribution is -2.30. The van der Waals surface area contributed by atoms with Crippen LogP contribution in [0.15, 0.2) is 30.5 Å². The predicted octanol–water partition coefficient (Wildman–Crippen LogP) is 1.74. The lowest BCUT2D eigenvalue weighted by atomic mass is 10.1. The van der Waals surface area contributed by atoms with Gasteiger partial charge in [-0.25, -0.2) is 4.68 Å². The number of aromatic nitrogens is 3. The van der Waals surface area contributed by atoms with Crippen molar-refractivity contribution < 1.29 is 9.90 Å². The molecule has 9 heteroatoms. The maximum Gasteiger partial charge on any atom is 0.273 e. The highest BCUT2D eigenvalue weighted by Gasteiger charge is 2.19. The van der Waals surface area contributed by atoms with Crippen molar-refractivity contribution in [3.8, 4) is 0 Å². The molecule has 2 aromatic rings. The van der Waals surface area contributed by atoms with Gasteiger partial charge in [-0.05, 0) is 32.0 Å². The Bertz CT molecular complexity index is 703. The van der Waals surface area contributed by atoms with Crippen molar-refractivity contribution >= 4 is 29.9 Å². The van der Waals surface area contributed by atoms with Gasteiger partial charge in [-0.3, -0.25) is 4.79 Å². The first kappa shape index (κ1) is 19.7. The summed E-state index contributed by atoms with van der Waals surface area (Å²) in [6.07, 6.45) is 2.72. The van der Waals surface area contributed by atoms with Crippen molar-refractivity contribution in [3.05, 3.63) is 46.7 Å². The smallest absolute Gasteiger partial charge is 0.273 e. The van der Waals surface area contributed by atoms with Gasteiger partial charge in [-0.1, -0.05) is 35.0 Å². The van der Waals surface area contributed by atoms with Crippen molar-refractivity contribution in [3.63, 3.8) is 0 Å². The van der Waals surface area contributed by atoms with Gasteiger partial charge < -0.3 is 15.7 Å². The quantitative estimate of drug-likeness (QED) is 0.728. The molecule has 0 radical (unpaired) electrons. The Hall–Kier alpha value is -1.67. The lowest BCUT2D eigenvalue weighted by molar-refractivity contribution is 0.0911. The van der Waals surface area contributed by atoms with Gasteiger partial charge in [0.1, 0.15) is 0 Å². The first-order chi connectivity index (χ1) is 11.6. The molecule has 1 aromatic carbocycles. The summed E-state index contributed by atoms with van der Waals surface area (Å²) in [7, 11) is 0. The van der Waals surface area contributed by atoms with E-state index in [4.69, 9.17) is 11.6 Å². The van der Waals surface area contributed by atoms with Gasteiger partial charge in [0.25, 0.3) is 5.91 Å². The van der Waals surface area contributed by atoms with E-state index in [2.05, 4.69) is 20.9 Å². The van der Waals surface area contributed by atoms with Crippen LogP contribution in [0.5, 0.6) is 0 Å². The Labute approximate surface area is 157 Å². The van der Waals surface area contributed by atoms with E-state index < -0.39 is 6.10 Å². The number of hydrogen-bond donors (Lipinski definition) is 3. The average Bonchev–Trinajstić information content (AvgIpc) is 3.11. The van der Waals surface area contributed by atoms with E-state index >= 15 is 0 Å². The zero-order valence-corrected chi connectivity index (χ0v) is 15.1. The molecule has 1 aliphatic rings. The second-order valence-corrected chi connectivity index (χ2v) is 6.22. The van der Waals surface area contributed by atoms with Crippen LogP contribution in [0.3, 0.4) is 0 Å². The standard InChI is InChI=1S/C16H20ClN5O2.ClH/c17-13-4-2-1-3-12(13)15(23)9-19-16(24)14-10-22(21-20-14)11-5-7-18-8-6-11;/h1-4,10-11,15,18,23H,5-9H2,(H,19,24);1H. The van der Waals surface area contributed by atoms with Crippen LogP contribution in [-0.4, -0.2) is 45.6 Å². The Morgan fingerprint density at radius 3 is 2.84 bits per heavy atom. The van der Waals surface area contributed by atoms with Gasteiger partial charge in [-0.15, -0.1) is 17.5 Å². The predicted molar refractivity (Wildman–Crippen MR) is 97.2 cm³/mol. The van der Waals surface area contributed by atoms with Gasteiger partial charge in [0.05, 0.1) is 18.3 Å². The summed E-state index contributed by atoms with van der Waals surface area (Å²) < 4.78 is 1.75. The molecule has 1 amide bonds. The lowest BCUT2D eigenvalue weighted by Gasteiger charge is -2.22. The van der Waals surface area contributed by atoms with Crippen LogP contribution in [0.25, 0.3) is 0 Å².